The van der Waals surface area contributed by atoms with E-state index < -0.39 is 10.0 Å². The number of hydrogen-bond donors (Lipinski definition) is 1. The van der Waals surface area contributed by atoms with E-state index in [4.69, 9.17) is 4.42 Å². The maximum Gasteiger partial charge on any atom is 0.276 e. The van der Waals surface area contributed by atoms with Crippen LogP contribution in [0.4, 0.5) is 0 Å². The Morgan fingerprint density at radius 1 is 1.11 bits per heavy atom. The highest BCUT2D eigenvalue weighted by Crippen LogP contribution is 2.29. The maximum absolute atomic E-state index is 13.0. The van der Waals surface area contributed by atoms with Gasteiger partial charge in [-0.25, -0.2) is 8.42 Å². The molecule has 2 aliphatic rings. The van der Waals surface area contributed by atoms with Crippen molar-refractivity contribution >= 4 is 15.9 Å². The highest BCUT2D eigenvalue weighted by atomic mass is 32.2. The maximum atomic E-state index is 13.0. The Bertz CT molecular complexity index is 884. The van der Waals surface area contributed by atoms with Gasteiger partial charge in [-0.05, 0) is 50.3 Å². The molecule has 9 heteroatoms. The standard InChI is InChI=1S/C18H24N4O4S/c23-18(21-10-2-1-3-11-21)14-5-4-12-22(13-14)27(24,25)17-7-6-16(26-17)15-8-9-19-20-15/h6-9,14H,1-5,10-13H2,(H,19,20)/t14-/m1/s1. The molecule has 2 saturated heterocycles. The van der Waals surface area contributed by atoms with Crippen molar-refractivity contribution in [3.63, 3.8) is 0 Å². The predicted octanol–water partition coefficient (Wildman–Crippen LogP) is 2.08. The molecule has 1 amide bonds. The first-order valence-corrected chi connectivity index (χ1v) is 10.9. The smallest absolute Gasteiger partial charge is 0.276 e. The summed E-state index contributed by atoms with van der Waals surface area (Å²) in [6, 6.07) is 4.78. The molecule has 8 nitrogen and oxygen atoms in total. The normalized spacial score (nSPS) is 22.1. The number of likely N-dealkylation sites (tertiary alicyclic amines) is 1. The van der Waals surface area contributed by atoms with E-state index in [9.17, 15) is 13.2 Å². The van der Waals surface area contributed by atoms with E-state index in [1.807, 2.05) is 4.90 Å². The lowest BCUT2D eigenvalue weighted by atomic mass is 9.97. The van der Waals surface area contributed by atoms with Crippen molar-refractivity contribution < 1.29 is 17.6 Å². The number of piperidine rings is 2. The molecule has 2 aliphatic heterocycles. The highest BCUT2D eigenvalue weighted by Gasteiger charge is 2.36. The molecular formula is C18H24N4O4S. The SMILES string of the molecule is O=C([C@@H]1CCCN(S(=O)(=O)c2ccc(-c3ccn[nH]3)o2)C1)N1CCCCC1. The van der Waals surface area contributed by atoms with Crippen molar-refractivity contribution in [2.24, 2.45) is 5.92 Å². The molecular weight excluding hydrogens is 368 g/mol. The average molecular weight is 392 g/mol. The average Bonchev–Trinajstić information content (AvgIpc) is 3.40. The number of sulfonamides is 1. The van der Waals surface area contributed by atoms with Crippen LogP contribution in [0.5, 0.6) is 0 Å². The minimum Gasteiger partial charge on any atom is -0.442 e. The van der Waals surface area contributed by atoms with Gasteiger partial charge < -0.3 is 9.32 Å². The van der Waals surface area contributed by atoms with Gasteiger partial charge in [-0.2, -0.15) is 9.40 Å². The number of nitrogens with zero attached hydrogens (tertiary/aromatic N) is 3. The fourth-order valence-electron chi connectivity index (χ4n) is 3.86. The topological polar surface area (TPSA) is 99.5 Å². The Balaban J connectivity index is 1.49. The zero-order valence-corrected chi connectivity index (χ0v) is 16.0. The lowest BCUT2D eigenvalue weighted by molar-refractivity contribution is -0.137. The van der Waals surface area contributed by atoms with E-state index in [0.717, 1.165) is 38.8 Å². The van der Waals surface area contributed by atoms with E-state index in [0.29, 0.717) is 24.4 Å². The Kier molecular flexibility index (Phi) is 5.05. The molecule has 146 valence electrons. The zero-order valence-electron chi connectivity index (χ0n) is 15.1. The summed E-state index contributed by atoms with van der Waals surface area (Å²) in [5.41, 5.74) is 0.619. The number of aromatic amines is 1. The first-order chi connectivity index (χ1) is 13.1. The summed E-state index contributed by atoms with van der Waals surface area (Å²) < 4.78 is 32.9. The van der Waals surface area contributed by atoms with Crippen LogP contribution in [0, 0.1) is 5.92 Å². The monoisotopic (exact) mass is 392 g/mol. The van der Waals surface area contributed by atoms with Gasteiger partial charge in [-0.3, -0.25) is 9.89 Å². The number of H-pyrrole nitrogens is 1. The van der Waals surface area contributed by atoms with Gasteiger partial charge in [0.05, 0.1) is 5.92 Å². The molecule has 4 heterocycles. The minimum absolute atomic E-state index is 0.0900. The summed E-state index contributed by atoms with van der Waals surface area (Å²) in [5, 5.41) is 6.50. The highest BCUT2D eigenvalue weighted by molar-refractivity contribution is 7.89. The molecule has 0 spiro atoms. The number of hydrogen-bond acceptors (Lipinski definition) is 5. The first-order valence-electron chi connectivity index (χ1n) is 9.44. The minimum atomic E-state index is -3.77. The molecule has 0 saturated carbocycles. The van der Waals surface area contributed by atoms with Crippen molar-refractivity contribution in [1.82, 2.24) is 19.4 Å². The second-order valence-electron chi connectivity index (χ2n) is 7.18. The molecule has 4 rings (SSSR count). The summed E-state index contributed by atoms with van der Waals surface area (Å²) in [7, 11) is -3.77. The van der Waals surface area contributed by atoms with Gasteiger partial charge in [0.25, 0.3) is 10.0 Å². The van der Waals surface area contributed by atoms with Crippen molar-refractivity contribution in [1.29, 1.82) is 0 Å². The third-order valence-corrected chi connectivity index (χ3v) is 7.08. The van der Waals surface area contributed by atoms with Crippen LogP contribution in [0.1, 0.15) is 32.1 Å². The number of rotatable bonds is 4. The van der Waals surface area contributed by atoms with Crippen molar-refractivity contribution in [2.75, 3.05) is 26.2 Å². The molecule has 27 heavy (non-hydrogen) atoms. The number of furan rings is 1. The molecule has 0 aliphatic carbocycles. The summed E-state index contributed by atoms with van der Waals surface area (Å²) >= 11 is 0. The number of carbonyl (C=O) groups excluding carboxylic acids is 1. The van der Waals surface area contributed by atoms with Crippen LogP contribution in [0.15, 0.2) is 33.9 Å². The fourth-order valence-corrected chi connectivity index (χ4v) is 5.29. The number of carbonyl (C=O) groups is 1. The molecule has 2 aromatic heterocycles. The quantitative estimate of drug-likeness (QED) is 0.859. The van der Waals surface area contributed by atoms with Crippen LogP contribution in [-0.2, 0) is 14.8 Å². The molecule has 0 radical (unpaired) electrons. The lowest BCUT2D eigenvalue weighted by Crippen LogP contribution is -2.47. The molecule has 1 N–H and O–H groups in total. The second kappa shape index (κ2) is 7.47. The van der Waals surface area contributed by atoms with Gasteiger partial charge in [0.2, 0.25) is 11.0 Å². The lowest BCUT2D eigenvalue weighted by Gasteiger charge is -2.35. The third kappa shape index (κ3) is 3.66. The fraction of sp³-hybridized carbons (Fsp3) is 0.556. The van der Waals surface area contributed by atoms with Crippen molar-refractivity contribution in [3.8, 4) is 11.5 Å². The van der Waals surface area contributed by atoms with Crippen LogP contribution in [0.2, 0.25) is 0 Å². The first kappa shape index (κ1) is 18.2. The molecule has 2 aromatic rings. The summed E-state index contributed by atoms with van der Waals surface area (Å²) in [5.74, 6) is 0.241. The Morgan fingerprint density at radius 3 is 2.67 bits per heavy atom. The predicted molar refractivity (Wildman–Crippen MR) is 98.2 cm³/mol. The summed E-state index contributed by atoms with van der Waals surface area (Å²) in [6.07, 6.45) is 6.21. The van der Waals surface area contributed by atoms with E-state index in [2.05, 4.69) is 10.2 Å². The van der Waals surface area contributed by atoms with E-state index in [-0.39, 0.29) is 23.5 Å². The zero-order chi connectivity index (χ0) is 18.9. The van der Waals surface area contributed by atoms with E-state index in [1.54, 1.807) is 18.3 Å². The molecule has 0 unspecified atom stereocenters. The largest absolute Gasteiger partial charge is 0.442 e. The Hall–Kier alpha value is -2.13. The Morgan fingerprint density at radius 2 is 1.93 bits per heavy atom. The summed E-state index contributed by atoms with van der Waals surface area (Å²) in [4.78, 5) is 14.7. The summed E-state index contributed by atoms with van der Waals surface area (Å²) in [6.45, 7) is 2.20. The van der Waals surface area contributed by atoms with Gasteiger partial charge in [0, 0.05) is 32.4 Å². The van der Waals surface area contributed by atoms with Crippen LogP contribution in [0.3, 0.4) is 0 Å². The van der Waals surface area contributed by atoms with Crippen LogP contribution in [0.25, 0.3) is 11.5 Å². The van der Waals surface area contributed by atoms with Gasteiger partial charge >= 0.3 is 0 Å². The second-order valence-corrected chi connectivity index (χ2v) is 9.05. The number of nitrogens with one attached hydrogen (secondary N) is 1. The van der Waals surface area contributed by atoms with Crippen LogP contribution in [-0.4, -0.2) is 59.9 Å². The third-order valence-electron chi connectivity index (χ3n) is 5.34. The number of amides is 1. The molecule has 2 fully saturated rings. The van der Waals surface area contributed by atoms with Gasteiger partial charge in [0.15, 0.2) is 5.76 Å². The van der Waals surface area contributed by atoms with Crippen molar-refractivity contribution in [3.05, 3.63) is 24.4 Å². The van der Waals surface area contributed by atoms with Crippen LogP contribution >= 0.6 is 0 Å². The van der Waals surface area contributed by atoms with E-state index >= 15 is 0 Å². The number of aromatic nitrogens is 2. The molecule has 1 atom stereocenters. The van der Waals surface area contributed by atoms with Gasteiger partial charge in [-0.15, -0.1) is 0 Å². The van der Waals surface area contributed by atoms with Crippen molar-refractivity contribution in [2.45, 2.75) is 37.2 Å². The van der Waals surface area contributed by atoms with Gasteiger partial charge in [0.1, 0.15) is 5.69 Å². The molecule has 0 bridgehead atoms. The van der Waals surface area contributed by atoms with E-state index in [1.165, 1.54) is 10.4 Å². The molecule has 0 aromatic carbocycles. The van der Waals surface area contributed by atoms with Crippen LogP contribution < -0.4 is 0 Å². The van der Waals surface area contributed by atoms with Gasteiger partial charge in [-0.1, -0.05) is 0 Å². The Labute approximate surface area is 158 Å².